The number of benzene rings is 1. The maximum Gasteiger partial charge on any atom is 0.387 e. The van der Waals surface area contributed by atoms with E-state index in [0.29, 0.717) is 0 Å². The summed E-state index contributed by atoms with van der Waals surface area (Å²) in [4.78, 5) is 27.5. The van der Waals surface area contributed by atoms with E-state index in [9.17, 15) is 18.4 Å². The van der Waals surface area contributed by atoms with Crippen molar-refractivity contribution in [1.82, 2.24) is 4.98 Å². The van der Waals surface area contributed by atoms with Gasteiger partial charge in [0.15, 0.2) is 5.69 Å². The lowest BCUT2D eigenvalue weighted by Crippen LogP contribution is -2.15. The van der Waals surface area contributed by atoms with Crippen LogP contribution in [-0.4, -0.2) is 23.4 Å². The van der Waals surface area contributed by atoms with Crippen LogP contribution in [0.5, 0.6) is 5.75 Å². The Balaban J connectivity index is 1.62. The van der Waals surface area contributed by atoms with E-state index in [1.54, 1.807) is 0 Å². The number of carbonyl (C=O) groups is 2. The van der Waals surface area contributed by atoms with E-state index in [1.165, 1.54) is 24.3 Å². The number of amides is 2. The van der Waals surface area contributed by atoms with Crippen LogP contribution >= 0.6 is 0 Å². The third-order valence-electron chi connectivity index (χ3n) is 3.23. The van der Waals surface area contributed by atoms with E-state index in [0.717, 1.165) is 19.1 Å². The fourth-order valence-corrected chi connectivity index (χ4v) is 1.93. The highest BCUT2D eigenvalue weighted by molar-refractivity contribution is 6.03. The Hall–Kier alpha value is -2.97. The van der Waals surface area contributed by atoms with Crippen LogP contribution in [0.25, 0.3) is 0 Å². The fourth-order valence-electron chi connectivity index (χ4n) is 1.93. The molecule has 0 spiro atoms. The maximum absolute atomic E-state index is 12.2. The van der Waals surface area contributed by atoms with Gasteiger partial charge < -0.3 is 14.5 Å². The average Bonchev–Trinajstić information content (AvgIpc) is 3.27. The zero-order chi connectivity index (χ0) is 17.1. The molecule has 24 heavy (non-hydrogen) atoms. The second-order valence-corrected chi connectivity index (χ2v) is 5.16. The molecule has 1 fully saturated rings. The predicted octanol–water partition coefficient (Wildman–Crippen LogP) is 2.88. The van der Waals surface area contributed by atoms with Gasteiger partial charge in [-0.1, -0.05) is 6.07 Å². The molecule has 0 unspecified atom stereocenters. The predicted molar refractivity (Wildman–Crippen MR) is 78.9 cm³/mol. The van der Waals surface area contributed by atoms with Gasteiger partial charge in [0.25, 0.3) is 5.91 Å². The monoisotopic (exact) mass is 337 g/mol. The van der Waals surface area contributed by atoms with Gasteiger partial charge in [-0.15, -0.1) is 0 Å². The van der Waals surface area contributed by atoms with Crippen molar-refractivity contribution in [1.29, 1.82) is 0 Å². The van der Waals surface area contributed by atoms with Crippen molar-refractivity contribution >= 4 is 23.5 Å². The highest BCUT2D eigenvalue weighted by Crippen LogP contribution is 2.30. The van der Waals surface area contributed by atoms with Crippen molar-refractivity contribution in [3.63, 3.8) is 0 Å². The van der Waals surface area contributed by atoms with Gasteiger partial charge in [-0.05, 0) is 25.0 Å². The number of halogens is 2. The van der Waals surface area contributed by atoms with Crippen LogP contribution < -0.4 is 15.4 Å². The molecule has 7 nitrogen and oxygen atoms in total. The number of anilines is 2. The first-order valence-corrected chi connectivity index (χ1v) is 7.14. The molecule has 2 N–H and O–H groups in total. The number of carbonyl (C=O) groups excluding carboxylic acids is 2. The van der Waals surface area contributed by atoms with Gasteiger partial charge in [-0.3, -0.25) is 14.9 Å². The smallest absolute Gasteiger partial charge is 0.387 e. The number of hydrogen-bond donors (Lipinski definition) is 2. The summed E-state index contributed by atoms with van der Waals surface area (Å²) in [6, 6.07) is 5.49. The van der Waals surface area contributed by atoms with Gasteiger partial charge in [0.1, 0.15) is 12.0 Å². The Labute approximate surface area is 135 Å². The van der Waals surface area contributed by atoms with E-state index < -0.39 is 12.5 Å². The lowest BCUT2D eigenvalue weighted by molar-refractivity contribution is -0.117. The molecular formula is C15H13F2N3O4. The largest absolute Gasteiger partial charge is 0.435 e. The van der Waals surface area contributed by atoms with Gasteiger partial charge in [0, 0.05) is 17.7 Å². The summed E-state index contributed by atoms with van der Waals surface area (Å²) in [6.45, 7) is -2.95. The summed E-state index contributed by atoms with van der Waals surface area (Å²) in [7, 11) is 0. The molecule has 1 saturated carbocycles. The number of rotatable bonds is 6. The zero-order valence-electron chi connectivity index (χ0n) is 12.3. The number of nitrogens with one attached hydrogen (secondary N) is 2. The third kappa shape index (κ3) is 4.06. The summed E-state index contributed by atoms with van der Waals surface area (Å²) in [5.41, 5.74) is 0.200. The highest BCUT2D eigenvalue weighted by atomic mass is 19.3. The van der Waals surface area contributed by atoms with E-state index in [-0.39, 0.29) is 35.0 Å². The molecule has 1 aromatic heterocycles. The summed E-state index contributed by atoms with van der Waals surface area (Å²) in [5, 5.41) is 4.95. The first-order valence-electron chi connectivity index (χ1n) is 7.14. The van der Waals surface area contributed by atoms with Crippen molar-refractivity contribution in [2.75, 3.05) is 10.6 Å². The van der Waals surface area contributed by atoms with Crippen LogP contribution in [0.4, 0.5) is 20.5 Å². The van der Waals surface area contributed by atoms with Crippen molar-refractivity contribution in [2.45, 2.75) is 19.5 Å². The molecule has 0 atom stereocenters. The van der Waals surface area contributed by atoms with Crippen LogP contribution in [0.2, 0.25) is 0 Å². The Morgan fingerprint density at radius 2 is 2.08 bits per heavy atom. The van der Waals surface area contributed by atoms with E-state index in [1.807, 2.05) is 0 Å². The third-order valence-corrected chi connectivity index (χ3v) is 3.23. The average molecular weight is 337 g/mol. The van der Waals surface area contributed by atoms with Gasteiger partial charge in [0.05, 0.1) is 0 Å². The van der Waals surface area contributed by atoms with Gasteiger partial charge in [-0.25, -0.2) is 0 Å². The minimum atomic E-state index is -2.95. The molecule has 126 valence electrons. The molecule has 0 saturated heterocycles. The van der Waals surface area contributed by atoms with E-state index >= 15 is 0 Å². The number of hydrogen-bond acceptors (Lipinski definition) is 5. The quantitative estimate of drug-likeness (QED) is 0.845. The summed E-state index contributed by atoms with van der Waals surface area (Å²) >= 11 is 0. The standard InChI is InChI=1S/C15H13F2N3O4/c16-14(17)24-10-3-1-2-9(6-10)18-13(22)11-7-23-15(19-11)20-12(21)8-4-5-8/h1-3,6-8,14H,4-5H2,(H,18,22)(H,19,20,21). The van der Waals surface area contributed by atoms with Crippen LogP contribution in [-0.2, 0) is 4.79 Å². The van der Waals surface area contributed by atoms with Crippen molar-refractivity contribution < 1.29 is 27.5 Å². The molecule has 0 bridgehead atoms. The zero-order valence-corrected chi connectivity index (χ0v) is 12.3. The summed E-state index contributed by atoms with van der Waals surface area (Å²) in [6.07, 6.45) is 2.76. The molecule has 2 amide bonds. The summed E-state index contributed by atoms with van der Waals surface area (Å²) < 4.78 is 33.6. The molecule has 1 aliphatic carbocycles. The molecule has 1 heterocycles. The Bertz CT molecular complexity index is 759. The van der Waals surface area contributed by atoms with Crippen LogP contribution in [0.3, 0.4) is 0 Å². The molecule has 2 aromatic rings. The molecule has 0 aliphatic heterocycles. The molecule has 1 aromatic carbocycles. The number of alkyl halides is 2. The number of oxazole rings is 1. The number of aromatic nitrogens is 1. The Morgan fingerprint density at radius 1 is 1.29 bits per heavy atom. The maximum atomic E-state index is 12.2. The normalized spacial score (nSPS) is 13.6. The molecule has 9 heteroatoms. The molecule has 0 radical (unpaired) electrons. The first kappa shape index (κ1) is 15.9. The Kier molecular flexibility index (Phi) is 4.41. The van der Waals surface area contributed by atoms with Crippen LogP contribution in [0, 0.1) is 5.92 Å². The van der Waals surface area contributed by atoms with E-state index in [4.69, 9.17) is 4.42 Å². The fraction of sp³-hybridized carbons (Fsp3) is 0.267. The van der Waals surface area contributed by atoms with Crippen molar-refractivity contribution in [3.05, 3.63) is 36.2 Å². The lowest BCUT2D eigenvalue weighted by Gasteiger charge is -2.07. The minimum absolute atomic E-state index is 0.0215. The second kappa shape index (κ2) is 6.65. The topological polar surface area (TPSA) is 93.5 Å². The van der Waals surface area contributed by atoms with Gasteiger partial charge >= 0.3 is 12.6 Å². The second-order valence-electron chi connectivity index (χ2n) is 5.16. The Morgan fingerprint density at radius 3 is 2.79 bits per heavy atom. The molecule has 1 aliphatic rings. The SMILES string of the molecule is O=C(Nc1cccc(OC(F)F)c1)c1coc(NC(=O)C2CC2)n1. The number of nitrogens with zero attached hydrogens (tertiary/aromatic N) is 1. The van der Waals surface area contributed by atoms with Gasteiger partial charge in [-0.2, -0.15) is 13.8 Å². The lowest BCUT2D eigenvalue weighted by atomic mass is 10.3. The summed E-state index contributed by atoms with van der Waals surface area (Å²) in [5.74, 6) is -0.910. The van der Waals surface area contributed by atoms with Crippen molar-refractivity contribution in [2.24, 2.45) is 5.92 Å². The van der Waals surface area contributed by atoms with Gasteiger partial charge in [0.2, 0.25) is 5.91 Å². The van der Waals surface area contributed by atoms with E-state index in [2.05, 4.69) is 20.4 Å². The highest BCUT2D eigenvalue weighted by Gasteiger charge is 2.30. The van der Waals surface area contributed by atoms with Crippen LogP contribution in [0.1, 0.15) is 23.3 Å². The van der Waals surface area contributed by atoms with Crippen molar-refractivity contribution in [3.8, 4) is 5.75 Å². The molecular weight excluding hydrogens is 324 g/mol. The number of ether oxygens (including phenoxy) is 1. The first-order chi connectivity index (χ1) is 11.5. The molecule has 3 rings (SSSR count). The minimum Gasteiger partial charge on any atom is -0.435 e. The van der Waals surface area contributed by atoms with Crippen LogP contribution in [0.15, 0.2) is 34.9 Å².